The first kappa shape index (κ1) is 32.5. The Hall–Kier alpha value is -5.08. The molecule has 0 N–H and O–H groups in total. The second-order valence-electron chi connectivity index (χ2n) is 13.8. The Labute approximate surface area is 293 Å². The minimum atomic E-state index is -0.176. The van der Waals surface area contributed by atoms with Gasteiger partial charge in [-0.25, -0.2) is 0 Å². The molecule has 0 saturated heterocycles. The van der Waals surface area contributed by atoms with Crippen molar-refractivity contribution in [3.8, 4) is 11.1 Å². The number of aryl methyl sites for hydroxylation is 4. The maximum Gasteiger partial charge on any atom is 0.0465 e. The van der Waals surface area contributed by atoms with Gasteiger partial charge >= 0.3 is 0 Å². The fraction of sp³-hybridized carbons (Fsp3) is 0.234. The predicted molar refractivity (Wildman–Crippen MR) is 211 cm³/mol. The van der Waals surface area contributed by atoms with Crippen LogP contribution in [0.4, 0.5) is 34.1 Å². The Bertz CT molecular complexity index is 1810. The maximum absolute atomic E-state index is 2.43. The molecule has 0 unspecified atom stereocenters. The number of hydrogen-bond donors (Lipinski definition) is 0. The van der Waals surface area contributed by atoms with Gasteiger partial charge in [-0.15, -0.1) is 0 Å². The zero-order valence-electron chi connectivity index (χ0n) is 29.9. The van der Waals surface area contributed by atoms with Crippen LogP contribution in [0.25, 0.3) is 11.1 Å². The summed E-state index contributed by atoms with van der Waals surface area (Å²) in [7, 11) is 0. The molecule has 0 spiro atoms. The van der Waals surface area contributed by atoms with Crippen LogP contribution in [0.1, 0.15) is 74.9 Å². The molecule has 0 atom stereocenters. The third-order valence-corrected chi connectivity index (χ3v) is 10.6. The number of rotatable bonds is 10. The van der Waals surface area contributed by atoms with Crippen LogP contribution >= 0.6 is 0 Å². The Kier molecular flexibility index (Phi) is 8.90. The van der Waals surface area contributed by atoms with E-state index in [9.17, 15) is 0 Å². The lowest BCUT2D eigenvalue weighted by atomic mass is 9.82. The third kappa shape index (κ3) is 6.06. The van der Waals surface area contributed by atoms with Crippen molar-refractivity contribution in [2.24, 2.45) is 0 Å². The number of anilines is 6. The molecule has 2 nitrogen and oxygen atoms in total. The molecule has 246 valence electrons. The van der Waals surface area contributed by atoms with Crippen molar-refractivity contribution in [2.75, 3.05) is 9.80 Å². The van der Waals surface area contributed by atoms with Gasteiger partial charge < -0.3 is 9.80 Å². The van der Waals surface area contributed by atoms with Crippen LogP contribution in [-0.4, -0.2) is 0 Å². The van der Waals surface area contributed by atoms with Crippen molar-refractivity contribution in [2.45, 2.75) is 72.6 Å². The molecular formula is C47H48N2. The first-order valence-electron chi connectivity index (χ1n) is 18.1. The first-order chi connectivity index (χ1) is 23.8. The Morgan fingerprint density at radius 2 is 0.592 bits per heavy atom. The molecule has 6 aromatic carbocycles. The van der Waals surface area contributed by atoms with Crippen LogP contribution < -0.4 is 9.80 Å². The van der Waals surface area contributed by atoms with Gasteiger partial charge in [-0.05, 0) is 143 Å². The van der Waals surface area contributed by atoms with Gasteiger partial charge in [0.05, 0.1) is 0 Å². The SMILES string of the molecule is CCc1ccc(N(c2ccc(CC)cc2)c2ccc3c(c2)C(C)(C)c2cc(N(c4ccc(CC)cc4)c4ccc(CC)cc4)ccc2-3)cc1. The number of hydrogen-bond acceptors (Lipinski definition) is 2. The van der Waals surface area contributed by atoms with Crippen LogP contribution in [-0.2, 0) is 31.1 Å². The highest BCUT2D eigenvalue weighted by atomic mass is 15.1. The topological polar surface area (TPSA) is 6.48 Å². The van der Waals surface area contributed by atoms with Gasteiger partial charge in [0.2, 0.25) is 0 Å². The molecule has 0 amide bonds. The summed E-state index contributed by atoms with van der Waals surface area (Å²) in [4.78, 5) is 4.82. The maximum atomic E-state index is 2.43. The van der Waals surface area contributed by atoms with E-state index in [2.05, 4.69) is 185 Å². The molecule has 6 aromatic rings. The summed E-state index contributed by atoms with van der Waals surface area (Å²) in [6.45, 7) is 13.6. The Balaban J connectivity index is 1.31. The van der Waals surface area contributed by atoms with Crippen molar-refractivity contribution in [1.29, 1.82) is 0 Å². The van der Waals surface area contributed by atoms with Crippen LogP contribution in [0, 0.1) is 0 Å². The number of nitrogens with zero attached hydrogens (tertiary/aromatic N) is 2. The standard InChI is InChI=1S/C47H48N2/c1-7-33-11-19-37(20-12-33)48(38-21-13-34(8-2)14-22-38)41-27-29-43-44-30-28-42(32-46(44)47(5,6)45(43)31-41)49(39-23-15-35(9-3)16-24-39)40-25-17-36(10-4)18-26-40/h11-32H,7-10H2,1-6H3. The second-order valence-corrected chi connectivity index (χ2v) is 13.8. The largest absolute Gasteiger partial charge is 0.310 e. The molecule has 0 radical (unpaired) electrons. The van der Waals surface area contributed by atoms with E-state index in [1.165, 1.54) is 78.6 Å². The second kappa shape index (κ2) is 13.4. The fourth-order valence-corrected chi connectivity index (χ4v) is 7.41. The average molecular weight is 641 g/mol. The molecule has 0 aromatic heterocycles. The molecule has 1 aliphatic carbocycles. The van der Waals surface area contributed by atoms with Gasteiger partial charge in [-0.2, -0.15) is 0 Å². The lowest BCUT2D eigenvalue weighted by Gasteiger charge is -2.29. The van der Waals surface area contributed by atoms with Crippen molar-refractivity contribution in [3.05, 3.63) is 167 Å². The van der Waals surface area contributed by atoms with Crippen molar-refractivity contribution in [1.82, 2.24) is 0 Å². The van der Waals surface area contributed by atoms with Crippen LogP contribution in [0.15, 0.2) is 133 Å². The van der Waals surface area contributed by atoms with Gasteiger partial charge in [-0.1, -0.05) is 102 Å². The zero-order chi connectivity index (χ0) is 34.1. The quantitative estimate of drug-likeness (QED) is 0.147. The minimum absolute atomic E-state index is 0.176. The Morgan fingerprint density at radius 1 is 0.347 bits per heavy atom. The predicted octanol–water partition coefficient (Wildman–Crippen LogP) is 13.2. The highest BCUT2D eigenvalue weighted by molar-refractivity contribution is 5.88. The van der Waals surface area contributed by atoms with Gasteiger partial charge in [0.25, 0.3) is 0 Å². The molecule has 0 heterocycles. The van der Waals surface area contributed by atoms with Gasteiger partial charge in [0.1, 0.15) is 0 Å². The molecule has 2 heteroatoms. The normalized spacial score (nSPS) is 12.8. The third-order valence-electron chi connectivity index (χ3n) is 10.6. The lowest BCUT2D eigenvalue weighted by Crippen LogP contribution is -2.17. The summed E-state index contributed by atoms with van der Waals surface area (Å²) in [6.07, 6.45) is 4.13. The summed E-state index contributed by atoms with van der Waals surface area (Å²) < 4.78 is 0. The highest BCUT2D eigenvalue weighted by Gasteiger charge is 2.37. The van der Waals surface area contributed by atoms with Crippen molar-refractivity contribution < 1.29 is 0 Å². The average Bonchev–Trinajstić information content (AvgIpc) is 3.38. The highest BCUT2D eigenvalue weighted by Crippen LogP contribution is 2.52. The fourth-order valence-electron chi connectivity index (χ4n) is 7.41. The van der Waals surface area contributed by atoms with Crippen LogP contribution in [0.2, 0.25) is 0 Å². The van der Waals surface area contributed by atoms with Crippen LogP contribution in [0.5, 0.6) is 0 Å². The molecule has 0 fully saturated rings. The number of fused-ring (bicyclic) bond motifs is 3. The molecule has 7 rings (SSSR count). The molecule has 0 aliphatic heterocycles. The molecule has 1 aliphatic rings. The van der Waals surface area contributed by atoms with E-state index >= 15 is 0 Å². The molecular weight excluding hydrogens is 593 g/mol. The van der Waals surface area contributed by atoms with E-state index in [1.54, 1.807) is 0 Å². The summed E-state index contributed by atoms with van der Waals surface area (Å²) in [6, 6.07) is 50.3. The van der Waals surface area contributed by atoms with Crippen molar-refractivity contribution in [3.63, 3.8) is 0 Å². The van der Waals surface area contributed by atoms with E-state index in [1.807, 2.05) is 0 Å². The molecule has 0 saturated carbocycles. The summed E-state index contributed by atoms with van der Waals surface area (Å²) in [5.41, 5.74) is 17.7. The van der Waals surface area contributed by atoms with Crippen molar-refractivity contribution >= 4 is 34.1 Å². The first-order valence-corrected chi connectivity index (χ1v) is 18.1. The minimum Gasteiger partial charge on any atom is -0.310 e. The van der Waals surface area contributed by atoms with E-state index in [0.29, 0.717) is 0 Å². The van der Waals surface area contributed by atoms with E-state index < -0.39 is 0 Å². The summed E-state index contributed by atoms with van der Waals surface area (Å²) in [5.74, 6) is 0. The smallest absolute Gasteiger partial charge is 0.0465 e. The van der Waals surface area contributed by atoms with E-state index in [-0.39, 0.29) is 5.41 Å². The number of benzene rings is 6. The Morgan fingerprint density at radius 3 is 0.837 bits per heavy atom. The van der Waals surface area contributed by atoms with E-state index in [0.717, 1.165) is 25.7 Å². The molecule has 0 bridgehead atoms. The van der Waals surface area contributed by atoms with Gasteiger partial charge in [-0.3, -0.25) is 0 Å². The summed E-state index contributed by atoms with van der Waals surface area (Å²) >= 11 is 0. The van der Waals surface area contributed by atoms with Gasteiger partial charge in [0.15, 0.2) is 0 Å². The molecule has 49 heavy (non-hydrogen) atoms. The lowest BCUT2D eigenvalue weighted by molar-refractivity contribution is 0.660. The zero-order valence-corrected chi connectivity index (χ0v) is 29.9. The summed E-state index contributed by atoms with van der Waals surface area (Å²) in [5, 5.41) is 0. The monoisotopic (exact) mass is 640 g/mol. The van der Waals surface area contributed by atoms with Gasteiger partial charge in [0, 0.05) is 39.5 Å². The van der Waals surface area contributed by atoms with Crippen LogP contribution in [0.3, 0.4) is 0 Å². The van der Waals surface area contributed by atoms with E-state index in [4.69, 9.17) is 0 Å².